The lowest BCUT2D eigenvalue weighted by molar-refractivity contribution is 0.0730. The molecule has 0 bridgehead atoms. The number of rotatable bonds is 2. The van der Waals surface area contributed by atoms with Gasteiger partial charge in [0.15, 0.2) is 0 Å². The van der Waals surface area contributed by atoms with Crippen molar-refractivity contribution in [1.82, 2.24) is 14.7 Å². The number of amides is 1. The second-order valence-corrected chi connectivity index (χ2v) is 7.28. The molecule has 0 saturated heterocycles. The Bertz CT molecular complexity index is 895. The van der Waals surface area contributed by atoms with Gasteiger partial charge in [-0.25, -0.2) is 0 Å². The molecule has 0 fully saturated rings. The van der Waals surface area contributed by atoms with E-state index in [1.165, 1.54) is 22.5 Å². The molecule has 0 aliphatic carbocycles. The van der Waals surface area contributed by atoms with Gasteiger partial charge >= 0.3 is 0 Å². The second kappa shape index (κ2) is 5.91. The zero-order valence-electron chi connectivity index (χ0n) is 13.8. The molecule has 0 saturated carbocycles. The summed E-state index contributed by atoms with van der Waals surface area (Å²) in [6, 6.07) is 10.4. The van der Waals surface area contributed by atoms with E-state index in [0.29, 0.717) is 13.1 Å². The van der Waals surface area contributed by atoms with Crippen molar-refractivity contribution in [3.63, 3.8) is 0 Å². The van der Waals surface area contributed by atoms with Gasteiger partial charge < -0.3 is 4.90 Å². The Kier molecular flexibility index (Phi) is 3.73. The maximum atomic E-state index is 12.9. The molecule has 4 rings (SSSR count). The van der Waals surface area contributed by atoms with Crippen molar-refractivity contribution in [1.29, 1.82) is 0 Å². The van der Waals surface area contributed by atoms with Crippen LogP contribution in [0.25, 0.3) is 0 Å². The molecule has 3 heterocycles. The Hall–Kier alpha value is -2.40. The van der Waals surface area contributed by atoms with Crippen LogP contribution >= 0.6 is 11.3 Å². The number of nitrogens with zero attached hydrogens (tertiary/aromatic N) is 3. The van der Waals surface area contributed by atoms with E-state index < -0.39 is 0 Å². The van der Waals surface area contributed by atoms with Crippen LogP contribution in [0.3, 0.4) is 0 Å². The predicted molar refractivity (Wildman–Crippen MR) is 95.3 cm³/mol. The molecule has 1 aromatic carbocycles. The zero-order valence-corrected chi connectivity index (χ0v) is 14.6. The Morgan fingerprint density at radius 1 is 1.33 bits per heavy atom. The average molecular weight is 337 g/mol. The van der Waals surface area contributed by atoms with Gasteiger partial charge in [0.1, 0.15) is 0 Å². The van der Waals surface area contributed by atoms with Gasteiger partial charge in [0, 0.05) is 32.3 Å². The molecule has 24 heavy (non-hydrogen) atoms. The van der Waals surface area contributed by atoms with Crippen LogP contribution in [-0.4, -0.2) is 27.1 Å². The third-order valence-electron chi connectivity index (χ3n) is 4.55. The molecule has 0 spiro atoms. The van der Waals surface area contributed by atoms with E-state index in [0.717, 1.165) is 16.0 Å². The van der Waals surface area contributed by atoms with Gasteiger partial charge in [0.25, 0.3) is 5.91 Å². The molecule has 0 N–H and O–H groups in total. The predicted octanol–water partition coefficient (Wildman–Crippen LogP) is 3.58. The third-order valence-corrected chi connectivity index (χ3v) is 5.59. The van der Waals surface area contributed by atoms with E-state index in [1.807, 2.05) is 53.5 Å². The minimum absolute atomic E-state index is 0.122. The minimum atomic E-state index is 0.122. The fraction of sp³-hybridized carbons (Fsp3) is 0.263. The number of fused-ring (bicyclic) bond motifs is 1. The Morgan fingerprint density at radius 3 is 2.88 bits per heavy atom. The highest BCUT2D eigenvalue weighted by Crippen LogP contribution is 2.34. The Labute approximate surface area is 145 Å². The number of benzene rings is 1. The van der Waals surface area contributed by atoms with Crippen LogP contribution in [0.1, 0.15) is 37.8 Å². The number of thiophene rings is 1. The Balaban J connectivity index is 1.71. The first-order valence-corrected chi connectivity index (χ1v) is 8.90. The van der Waals surface area contributed by atoms with Gasteiger partial charge in [-0.05, 0) is 40.6 Å². The van der Waals surface area contributed by atoms with E-state index in [9.17, 15) is 4.79 Å². The summed E-state index contributed by atoms with van der Waals surface area (Å²) < 4.78 is 1.82. The number of aryl methyl sites for hydroxylation is 2. The van der Waals surface area contributed by atoms with E-state index >= 15 is 0 Å². The quantitative estimate of drug-likeness (QED) is 0.717. The first-order chi connectivity index (χ1) is 11.6. The SMILES string of the molecule is Cc1csc(C(=O)N2Cc3ccccc3C(c3cnn(C)c3)C2)c1. The lowest BCUT2D eigenvalue weighted by Gasteiger charge is -2.34. The highest BCUT2D eigenvalue weighted by molar-refractivity contribution is 7.12. The number of carbonyl (C=O) groups is 1. The fourth-order valence-electron chi connectivity index (χ4n) is 3.37. The summed E-state index contributed by atoms with van der Waals surface area (Å²) in [5, 5.41) is 6.34. The summed E-state index contributed by atoms with van der Waals surface area (Å²) in [6.45, 7) is 3.39. The summed E-state index contributed by atoms with van der Waals surface area (Å²) in [4.78, 5) is 15.7. The van der Waals surface area contributed by atoms with Crippen molar-refractivity contribution in [3.05, 3.63) is 75.2 Å². The molecule has 0 radical (unpaired) electrons. The number of hydrogen-bond donors (Lipinski definition) is 0. The van der Waals surface area contributed by atoms with Crippen LogP contribution < -0.4 is 0 Å². The van der Waals surface area contributed by atoms with Crippen molar-refractivity contribution in [2.75, 3.05) is 6.54 Å². The summed E-state index contributed by atoms with van der Waals surface area (Å²) >= 11 is 1.53. The molecule has 1 aliphatic heterocycles. The van der Waals surface area contributed by atoms with Gasteiger partial charge in [-0.1, -0.05) is 24.3 Å². The molecule has 1 atom stereocenters. The normalized spacial score (nSPS) is 16.9. The fourth-order valence-corrected chi connectivity index (χ4v) is 4.23. The molecule has 5 heteroatoms. The molecule has 1 unspecified atom stereocenters. The highest BCUT2D eigenvalue weighted by atomic mass is 32.1. The van der Waals surface area contributed by atoms with Crippen LogP contribution in [0.2, 0.25) is 0 Å². The van der Waals surface area contributed by atoms with Gasteiger partial charge in [-0.3, -0.25) is 9.48 Å². The van der Waals surface area contributed by atoms with Crippen molar-refractivity contribution in [2.45, 2.75) is 19.4 Å². The van der Waals surface area contributed by atoms with Crippen LogP contribution in [-0.2, 0) is 13.6 Å². The van der Waals surface area contributed by atoms with Crippen molar-refractivity contribution in [3.8, 4) is 0 Å². The van der Waals surface area contributed by atoms with Crippen molar-refractivity contribution >= 4 is 17.2 Å². The van der Waals surface area contributed by atoms with Crippen LogP contribution in [0.15, 0.2) is 48.1 Å². The largest absolute Gasteiger partial charge is 0.333 e. The van der Waals surface area contributed by atoms with Gasteiger partial charge in [0.05, 0.1) is 11.1 Å². The number of aromatic nitrogens is 2. The highest BCUT2D eigenvalue weighted by Gasteiger charge is 2.30. The smallest absolute Gasteiger partial charge is 0.264 e. The molecular formula is C19H19N3OS. The summed E-state index contributed by atoms with van der Waals surface area (Å²) in [6.07, 6.45) is 3.95. The maximum Gasteiger partial charge on any atom is 0.264 e. The van der Waals surface area contributed by atoms with Crippen LogP contribution in [0.4, 0.5) is 0 Å². The Morgan fingerprint density at radius 2 is 2.17 bits per heavy atom. The van der Waals surface area contributed by atoms with E-state index in [4.69, 9.17) is 0 Å². The minimum Gasteiger partial charge on any atom is -0.333 e. The lowest BCUT2D eigenvalue weighted by Crippen LogP contribution is -2.38. The molecule has 1 aliphatic rings. The van der Waals surface area contributed by atoms with Crippen molar-refractivity contribution < 1.29 is 4.79 Å². The first-order valence-electron chi connectivity index (χ1n) is 8.02. The van der Waals surface area contributed by atoms with Gasteiger partial charge in [-0.2, -0.15) is 5.10 Å². The van der Waals surface area contributed by atoms with Crippen LogP contribution in [0, 0.1) is 6.92 Å². The molecule has 2 aromatic heterocycles. The zero-order chi connectivity index (χ0) is 16.7. The molecule has 3 aromatic rings. The topological polar surface area (TPSA) is 38.1 Å². The van der Waals surface area contributed by atoms with E-state index in [1.54, 1.807) is 0 Å². The first kappa shape index (κ1) is 15.1. The van der Waals surface area contributed by atoms with Crippen molar-refractivity contribution in [2.24, 2.45) is 7.05 Å². The van der Waals surface area contributed by atoms with E-state index in [2.05, 4.69) is 23.3 Å². The molecule has 122 valence electrons. The molecular weight excluding hydrogens is 318 g/mol. The summed E-state index contributed by atoms with van der Waals surface area (Å²) in [5.74, 6) is 0.296. The standard InChI is InChI=1S/C19H19N3OS/c1-13-7-18(24-12-13)19(23)22-10-14-5-3-4-6-16(14)17(11-22)15-8-20-21(2)9-15/h3-9,12,17H,10-11H2,1-2H3. The van der Waals surface area contributed by atoms with Gasteiger partial charge in [-0.15, -0.1) is 11.3 Å². The average Bonchev–Trinajstić information content (AvgIpc) is 3.21. The summed E-state index contributed by atoms with van der Waals surface area (Å²) in [7, 11) is 1.93. The maximum absolute atomic E-state index is 12.9. The monoisotopic (exact) mass is 337 g/mol. The van der Waals surface area contributed by atoms with Gasteiger partial charge in [0.2, 0.25) is 0 Å². The molecule has 1 amide bonds. The second-order valence-electron chi connectivity index (χ2n) is 6.37. The number of carbonyl (C=O) groups excluding carboxylic acids is 1. The third kappa shape index (κ3) is 2.65. The lowest BCUT2D eigenvalue weighted by atomic mass is 9.86. The summed E-state index contributed by atoms with van der Waals surface area (Å²) in [5.41, 5.74) is 4.82. The van der Waals surface area contributed by atoms with Crippen LogP contribution in [0.5, 0.6) is 0 Å². The number of hydrogen-bond acceptors (Lipinski definition) is 3. The van der Waals surface area contributed by atoms with E-state index in [-0.39, 0.29) is 11.8 Å². The molecule has 4 nitrogen and oxygen atoms in total.